The molecule has 1 saturated carbocycles. The highest BCUT2D eigenvalue weighted by Crippen LogP contribution is 2.35. The first kappa shape index (κ1) is 11.9. The molecule has 1 aromatic rings. The number of carbonyl (C=O) groups excluding carboxylic acids is 1. The van der Waals surface area contributed by atoms with E-state index in [1.54, 1.807) is 19.4 Å². The van der Waals surface area contributed by atoms with Gasteiger partial charge in [-0.1, -0.05) is 0 Å². The van der Waals surface area contributed by atoms with Gasteiger partial charge in [0.2, 0.25) is 0 Å². The Bertz CT molecular complexity index is 410. The number of methoxy groups -OCH3 is 1. The first-order chi connectivity index (χ1) is 8.15. The zero-order valence-electron chi connectivity index (χ0n) is 9.90. The molecule has 3 N–H and O–H groups in total. The fraction of sp³-hybridized carbons (Fsp3) is 0.500. The van der Waals surface area contributed by atoms with Crippen LogP contribution in [0.2, 0.25) is 0 Å². The summed E-state index contributed by atoms with van der Waals surface area (Å²) in [6, 6.07) is 3.47. The lowest BCUT2D eigenvalue weighted by molar-refractivity contribution is -0.0601. The minimum Gasteiger partial charge on any atom is -0.382 e. The quantitative estimate of drug-likeness (QED) is 0.803. The van der Waals surface area contributed by atoms with Crippen LogP contribution in [-0.4, -0.2) is 30.1 Å². The predicted molar refractivity (Wildman–Crippen MR) is 64.8 cm³/mol. The van der Waals surface area contributed by atoms with Gasteiger partial charge in [0.25, 0.3) is 5.91 Å². The molecule has 5 nitrogen and oxygen atoms in total. The molecular formula is C12H17N3O2. The fourth-order valence-corrected chi connectivity index (χ4v) is 1.96. The molecule has 0 spiro atoms. The lowest BCUT2D eigenvalue weighted by Gasteiger charge is -2.40. The van der Waals surface area contributed by atoms with E-state index in [9.17, 15) is 4.79 Å². The molecule has 0 aliphatic heterocycles. The molecule has 92 valence electrons. The third kappa shape index (κ3) is 2.55. The van der Waals surface area contributed by atoms with Crippen LogP contribution in [0, 0.1) is 0 Å². The van der Waals surface area contributed by atoms with E-state index in [1.807, 2.05) is 6.07 Å². The van der Waals surface area contributed by atoms with Crippen molar-refractivity contribution in [3.8, 4) is 0 Å². The topological polar surface area (TPSA) is 77.2 Å². The SMILES string of the molecule is COC1(CNc2ccnc(C(N)=O)c2)CCC1. The second kappa shape index (κ2) is 4.71. The van der Waals surface area contributed by atoms with Gasteiger partial charge in [-0.05, 0) is 31.4 Å². The number of anilines is 1. The van der Waals surface area contributed by atoms with Gasteiger partial charge in [-0.3, -0.25) is 9.78 Å². The van der Waals surface area contributed by atoms with Crippen molar-refractivity contribution >= 4 is 11.6 Å². The maximum atomic E-state index is 11.0. The third-order valence-electron chi connectivity index (χ3n) is 3.32. The van der Waals surface area contributed by atoms with Crippen LogP contribution in [0.4, 0.5) is 5.69 Å². The monoisotopic (exact) mass is 235 g/mol. The number of carbonyl (C=O) groups is 1. The summed E-state index contributed by atoms with van der Waals surface area (Å²) in [7, 11) is 1.74. The van der Waals surface area contributed by atoms with Gasteiger partial charge in [0.05, 0.1) is 5.60 Å². The van der Waals surface area contributed by atoms with Crippen molar-refractivity contribution in [1.82, 2.24) is 4.98 Å². The minimum absolute atomic E-state index is 0.0455. The first-order valence-corrected chi connectivity index (χ1v) is 5.70. The Hall–Kier alpha value is -1.62. The van der Waals surface area contributed by atoms with Gasteiger partial charge in [0.1, 0.15) is 5.69 Å². The maximum Gasteiger partial charge on any atom is 0.267 e. The Morgan fingerprint density at radius 2 is 2.41 bits per heavy atom. The van der Waals surface area contributed by atoms with E-state index in [1.165, 1.54) is 6.42 Å². The van der Waals surface area contributed by atoms with E-state index in [4.69, 9.17) is 10.5 Å². The van der Waals surface area contributed by atoms with E-state index < -0.39 is 5.91 Å². The number of hydrogen-bond donors (Lipinski definition) is 2. The summed E-state index contributed by atoms with van der Waals surface area (Å²) in [5, 5.41) is 3.26. The summed E-state index contributed by atoms with van der Waals surface area (Å²) in [4.78, 5) is 14.9. The lowest BCUT2D eigenvalue weighted by Crippen LogP contribution is -2.45. The molecule has 0 unspecified atom stereocenters. The van der Waals surface area contributed by atoms with Crippen molar-refractivity contribution < 1.29 is 9.53 Å². The van der Waals surface area contributed by atoms with Crippen LogP contribution in [-0.2, 0) is 4.74 Å². The number of primary amides is 1. The molecule has 0 radical (unpaired) electrons. The van der Waals surface area contributed by atoms with Crippen molar-refractivity contribution in [3.05, 3.63) is 24.0 Å². The zero-order valence-corrected chi connectivity index (χ0v) is 9.90. The summed E-state index contributed by atoms with van der Waals surface area (Å²) in [6.07, 6.45) is 4.93. The van der Waals surface area contributed by atoms with Crippen LogP contribution in [0.25, 0.3) is 0 Å². The van der Waals surface area contributed by atoms with Gasteiger partial charge < -0.3 is 15.8 Å². The highest BCUT2D eigenvalue weighted by Gasteiger charge is 2.36. The van der Waals surface area contributed by atoms with Crippen LogP contribution in [0.1, 0.15) is 29.8 Å². The van der Waals surface area contributed by atoms with Crippen molar-refractivity contribution in [2.24, 2.45) is 5.73 Å². The Morgan fingerprint density at radius 3 is 2.94 bits per heavy atom. The smallest absolute Gasteiger partial charge is 0.267 e. The number of pyridine rings is 1. The highest BCUT2D eigenvalue weighted by atomic mass is 16.5. The average Bonchev–Trinajstić information content (AvgIpc) is 2.28. The molecule has 5 heteroatoms. The van der Waals surface area contributed by atoms with Gasteiger partial charge in [-0.2, -0.15) is 0 Å². The van der Waals surface area contributed by atoms with Crippen LogP contribution in [0.15, 0.2) is 18.3 Å². The largest absolute Gasteiger partial charge is 0.382 e. The summed E-state index contributed by atoms with van der Waals surface area (Å²) >= 11 is 0. The van der Waals surface area contributed by atoms with Gasteiger partial charge in [-0.15, -0.1) is 0 Å². The van der Waals surface area contributed by atoms with E-state index in [0.29, 0.717) is 0 Å². The summed E-state index contributed by atoms with van der Waals surface area (Å²) in [5.41, 5.74) is 6.25. The molecule has 1 aromatic heterocycles. The number of nitrogens with one attached hydrogen (secondary N) is 1. The summed E-state index contributed by atoms with van der Waals surface area (Å²) in [6.45, 7) is 0.742. The first-order valence-electron chi connectivity index (χ1n) is 5.70. The van der Waals surface area contributed by atoms with Gasteiger partial charge in [0, 0.05) is 25.5 Å². The van der Waals surface area contributed by atoms with Crippen molar-refractivity contribution in [1.29, 1.82) is 0 Å². The van der Waals surface area contributed by atoms with E-state index in [-0.39, 0.29) is 11.3 Å². The summed E-state index contributed by atoms with van der Waals surface area (Å²) in [5.74, 6) is -0.515. The third-order valence-corrected chi connectivity index (χ3v) is 3.32. The second-order valence-corrected chi connectivity index (χ2v) is 4.39. The summed E-state index contributed by atoms with van der Waals surface area (Å²) < 4.78 is 5.50. The predicted octanol–water partition coefficient (Wildman–Crippen LogP) is 1.16. The van der Waals surface area contributed by atoms with Crippen LogP contribution in [0.5, 0.6) is 0 Å². The van der Waals surface area contributed by atoms with E-state index in [0.717, 1.165) is 25.1 Å². The Labute approximate surface area is 100 Å². The number of hydrogen-bond acceptors (Lipinski definition) is 4. The molecule has 1 amide bonds. The normalized spacial score (nSPS) is 17.2. The number of rotatable bonds is 5. The number of ether oxygens (including phenoxy) is 1. The second-order valence-electron chi connectivity index (χ2n) is 4.39. The zero-order chi connectivity index (χ0) is 12.3. The molecule has 1 aliphatic rings. The van der Waals surface area contributed by atoms with Crippen molar-refractivity contribution in [2.75, 3.05) is 19.0 Å². The van der Waals surface area contributed by atoms with E-state index >= 15 is 0 Å². The molecule has 0 saturated heterocycles. The van der Waals surface area contributed by atoms with Crippen molar-refractivity contribution in [3.63, 3.8) is 0 Å². The molecular weight excluding hydrogens is 218 g/mol. The van der Waals surface area contributed by atoms with E-state index in [2.05, 4.69) is 10.3 Å². The maximum absolute atomic E-state index is 11.0. The Balaban J connectivity index is 1.99. The van der Waals surface area contributed by atoms with Gasteiger partial charge in [-0.25, -0.2) is 0 Å². The number of nitrogens with zero attached hydrogens (tertiary/aromatic N) is 1. The van der Waals surface area contributed by atoms with Crippen molar-refractivity contribution in [2.45, 2.75) is 24.9 Å². The van der Waals surface area contributed by atoms with Gasteiger partial charge >= 0.3 is 0 Å². The highest BCUT2D eigenvalue weighted by molar-refractivity contribution is 5.91. The standard InChI is InChI=1S/C12H17N3O2/c1-17-12(4-2-5-12)8-15-9-3-6-14-10(7-9)11(13)16/h3,6-7H,2,4-5,8H2,1H3,(H2,13,16)(H,14,15). The average molecular weight is 235 g/mol. The van der Waals surface area contributed by atoms with Gasteiger partial charge in [0.15, 0.2) is 0 Å². The molecule has 2 rings (SSSR count). The molecule has 1 heterocycles. The molecule has 1 aliphatic carbocycles. The molecule has 0 bridgehead atoms. The molecule has 0 aromatic carbocycles. The van der Waals surface area contributed by atoms with Crippen LogP contribution < -0.4 is 11.1 Å². The number of amides is 1. The minimum atomic E-state index is -0.515. The fourth-order valence-electron chi connectivity index (χ4n) is 1.96. The number of aromatic nitrogens is 1. The Kier molecular flexibility index (Phi) is 3.28. The number of nitrogens with two attached hydrogens (primary N) is 1. The van der Waals surface area contributed by atoms with Crippen LogP contribution >= 0.6 is 0 Å². The lowest BCUT2D eigenvalue weighted by atomic mass is 9.80. The molecule has 17 heavy (non-hydrogen) atoms. The molecule has 0 atom stereocenters. The Morgan fingerprint density at radius 1 is 1.65 bits per heavy atom. The molecule has 1 fully saturated rings. The van der Waals surface area contributed by atoms with Crippen LogP contribution in [0.3, 0.4) is 0 Å².